The van der Waals surface area contributed by atoms with Crippen molar-refractivity contribution in [2.24, 2.45) is 0 Å². The summed E-state index contributed by atoms with van der Waals surface area (Å²) in [4.78, 5) is 35.2. The number of ether oxygens (including phenoxy) is 1. The number of rotatable bonds is 5. The third-order valence-corrected chi connectivity index (χ3v) is 6.94. The second-order valence-corrected chi connectivity index (χ2v) is 11.4. The number of anilines is 2. The van der Waals surface area contributed by atoms with Gasteiger partial charge in [-0.25, -0.2) is 19.2 Å². The lowest BCUT2D eigenvalue weighted by Crippen LogP contribution is -2.46. The summed E-state index contributed by atoms with van der Waals surface area (Å²) >= 11 is 7.37. The zero-order chi connectivity index (χ0) is 29.2. The predicted molar refractivity (Wildman–Crippen MR) is 144 cm³/mol. The number of carbonyl (C=O) groups is 2. The van der Waals surface area contributed by atoms with Crippen LogP contribution in [0.5, 0.6) is 0 Å². The molecule has 0 unspecified atom stereocenters. The molecule has 2 amide bonds. The molecule has 8 nitrogen and oxygen atoms in total. The smallest absolute Gasteiger partial charge is 0.419 e. The van der Waals surface area contributed by atoms with E-state index in [1.165, 1.54) is 23.7 Å². The van der Waals surface area contributed by atoms with Gasteiger partial charge in [0.15, 0.2) is 5.13 Å². The van der Waals surface area contributed by atoms with Crippen LogP contribution in [0.4, 0.5) is 33.3 Å². The topological polar surface area (TPSA) is 96.5 Å². The molecular formula is C26H26ClF4N5O3S. The Balaban J connectivity index is 1.37. The van der Waals surface area contributed by atoms with Gasteiger partial charge in [-0.2, -0.15) is 13.2 Å². The second-order valence-electron chi connectivity index (χ2n) is 10.1. The van der Waals surface area contributed by atoms with Gasteiger partial charge < -0.3 is 15.0 Å². The number of aromatic nitrogens is 2. The zero-order valence-electron chi connectivity index (χ0n) is 21.7. The molecule has 1 aliphatic rings. The van der Waals surface area contributed by atoms with Crippen molar-refractivity contribution in [2.75, 3.05) is 23.3 Å². The van der Waals surface area contributed by atoms with Crippen LogP contribution in [0.2, 0.25) is 5.02 Å². The van der Waals surface area contributed by atoms with Gasteiger partial charge in [-0.15, -0.1) is 11.3 Å². The Labute approximate surface area is 236 Å². The highest BCUT2D eigenvalue weighted by Gasteiger charge is 2.35. The molecule has 1 aliphatic heterocycles. The number of pyridine rings is 1. The van der Waals surface area contributed by atoms with Crippen molar-refractivity contribution in [1.82, 2.24) is 15.3 Å². The SMILES string of the molecule is CC(C)(C)OC(=O)NC1CCN(c2ncc(C(=O)Nc3nc(-c4cccc(C(F)(F)F)c4F)cs3)cc2Cl)CC1. The number of hydrogen-bond donors (Lipinski definition) is 2. The monoisotopic (exact) mass is 599 g/mol. The quantitative estimate of drug-likeness (QED) is 0.315. The number of nitrogens with one attached hydrogen (secondary N) is 2. The molecule has 0 atom stereocenters. The molecule has 3 aromatic rings. The van der Waals surface area contributed by atoms with Crippen molar-refractivity contribution in [2.45, 2.75) is 51.4 Å². The summed E-state index contributed by atoms with van der Waals surface area (Å²) in [7, 11) is 0. The Hall–Kier alpha value is -3.45. The normalized spacial score (nSPS) is 14.7. The van der Waals surface area contributed by atoms with Gasteiger partial charge in [-0.3, -0.25) is 10.1 Å². The summed E-state index contributed by atoms with van der Waals surface area (Å²) in [5, 5.41) is 7.07. The molecule has 2 aromatic heterocycles. The lowest BCUT2D eigenvalue weighted by Gasteiger charge is -2.34. The Morgan fingerprint density at radius 3 is 2.50 bits per heavy atom. The number of carbonyl (C=O) groups excluding carboxylic acids is 2. The number of alkyl carbamates (subject to hydrolysis) is 1. The van der Waals surface area contributed by atoms with E-state index in [9.17, 15) is 27.2 Å². The molecule has 214 valence electrons. The van der Waals surface area contributed by atoms with Gasteiger partial charge in [0.05, 0.1) is 21.8 Å². The van der Waals surface area contributed by atoms with Gasteiger partial charge in [0.1, 0.15) is 17.2 Å². The maximum Gasteiger partial charge on any atom is 0.419 e. The number of thiazole rings is 1. The van der Waals surface area contributed by atoms with E-state index in [1.807, 2.05) is 4.90 Å². The number of hydrogen-bond acceptors (Lipinski definition) is 7. The van der Waals surface area contributed by atoms with Crippen molar-refractivity contribution in [3.05, 3.63) is 57.8 Å². The Morgan fingerprint density at radius 1 is 1.18 bits per heavy atom. The highest BCUT2D eigenvalue weighted by Crippen LogP contribution is 2.36. The molecule has 40 heavy (non-hydrogen) atoms. The summed E-state index contributed by atoms with van der Waals surface area (Å²) in [6.07, 6.45) is -2.66. The van der Waals surface area contributed by atoms with Gasteiger partial charge in [0, 0.05) is 36.3 Å². The van der Waals surface area contributed by atoms with E-state index in [2.05, 4.69) is 20.6 Å². The van der Waals surface area contributed by atoms with Gasteiger partial charge in [0.25, 0.3) is 5.91 Å². The average molecular weight is 600 g/mol. The number of nitrogens with zero attached hydrogens (tertiary/aromatic N) is 3. The van der Waals surface area contributed by atoms with Crippen molar-refractivity contribution in [3.63, 3.8) is 0 Å². The fourth-order valence-corrected chi connectivity index (χ4v) is 5.06. The van der Waals surface area contributed by atoms with Crippen molar-refractivity contribution in [1.29, 1.82) is 0 Å². The van der Waals surface area contributed by atoms with Crippen molar-refractivity contribution >= 4 is 45.9 Å². The first-order valence-electron chi connectivity index (χ1n) is 12.2. The van der Waals surface area contributed by atoms with Crippen LogP contribution in [0.3, 0.4) is 0 Å². The molecule has 0 aliphatic carbocycles. The summed E-state index contributed by atoms with van der Waals surface area (Å²) in [6, 6.07) is 4.32. The van der Waals surface area contributed by atoms with Crippen LogP contribution in [-0.2, 0) is 10.9 Å². The van der Waals surface area contributed by atoms with Crippen molar-refractivity contribution in [3.8, 4) is 11.3 Å². The first-order valence-corrected chi connectivity index (χ1v) is 13.5. The predicted octanol–water partition coefficient (Wildman–Crippen LogP) is 6.76. The molecule has 2 N–H and O–H groups in total. The van der Waals surface area contributed by atoms with Crippen molar-refractivity contribution < 1.29 is 31.9 Å². The van der Waals surface area contributed by atoms with Crippen LogP contribution in [0.1, 0.15) is 49.5 Å². The van der Waals surface area contributed by atoms with Crippen LogP contribution < -0.4 is 15.5 Å². The molecule has 4 rings (SSSR count). The van der Waals surface area contributed by atoms with E-state index in [4.69, 9.17) is 16.3 Å². The fraction of sp³-hybridized carbons (Fsp3) is 0.385. The highest BCUT2D eigenvalue weighted by atomic mass is 35.5. The molecule has 0 spiro atoms. The standard InChI is InChI=1S/C26H26ClF4N5O3S/c1-25(2,3)39-24(38)33-15-7-9-36(10-8-15)21-18(27)11-14(12-32-21)22(37)35-23-34-19(13-40-23)16-5-4-6-17(20(16)28)26(29,30)31/h4-6,11-13,15H,7-10H2,1-3H3,(H,33,38)(H,34,35,37). The van der Waals surface area contributed by atoms with E-state index >= 15 is 0 Å². The van der Waals surface area contributed by atoms with E-state index in [1.54, 1.807) is 20.8 Å². The van der Waals surface area contributed by atoms with Crippen LogP contribution >= 0.6 is 22.9 Å². The Morgan fingerprint density at radius 2 is 1.88 bits per heavy atom. The number of amides is 2. The van der Waals surface area contributed by atoms with Crippen LogP contribution in [0, 0.1) is 5.82 Å². The minimum absolute atomic E-state index is 0.0417. The largest absolute Gasteiger partial charge is 0.444 e. The number of halogens is 5. The zero-order valence-corrected chi connectivity index (χ0v) is 23.3. The fourth-order valence-electron chi connectivity index (χ4n) is 4.07. The lowest BCUT2D eigenvalue weighted by atomic mass is 10.1. The summed E-state index contributed by atoms with van der Waals surface area (Å²) in [5.41, 5.74) is -2.21. The molecule has 3 heterocycles. The van der Waals surface area contributed by atoms with Gasteiger partial charge >= 0.3 is 12.3 Å². The minimum Gasteiger partial charge on any atom is -0.444 e. The second kappa shape index (κ2) is 11.6. The Bertz CT molecular complexity index is 1400. The molecule has 0 radical (unpaired) electrons. The van der Waals surface area contributed by atoms with Crippen LogP contribution in [0.25, 0.3) is 11.3 Å². The number of benzene rings is 1. The maximum absolute atomic E-state index is 14.5. The molecule has 14 heteroatoms. The van der Waals surface area contributed by atoms with Gasteiger partial charge in [-0.05, 0) is 51.8 Å². The van der Waals surface area contributed by atoms with E-state index in [0.29, 0.717) is 37.8 Å². The molecule has 0 saturated carbocycles. The maximum atomic E-state index is 14.5. The average Bonchev–Trinajstić information content (AvgIpc) is 3.31. The summed E-state index contributed by atoms with van der Waals surface area (Å²) in [5.74, 6) is -1.54. The molecular weight excluding hydrogens is 574 g/mol. The molecule has 0 bridgehead atoms. The molecule has 1 fully saturated rings. The third-order valence-electron chi connectivity index (χ3n) is 5.90. The Kier molecular flexibility index (Phi) is 8.55. The summed E-state index contributed by atoms with van der Waals surface area (Å²) < 4.78 is 58.9. The molecule has 1 aromatic carbocycles. The van der Waals surface area contributed by atoms with Gasteiger partial charge in [-0.1, -0.05) is 17.7 Å². The number of piperidine rings is 1. The van der Waals surface area contributed by atoms with Gasteiger partial charge in [0.2, 0.25) is 0 Å². The number of alkyl halides is 3. The minimum atomic E-state index is -4.85. The van der Waals surface area contributed by atoms with E-state index in [-0.39, 0.29) is 33.0 Å². The van der Waals surface area contributed by atoms with Crippen LogP contribution in [-0.4, -0.2) is 46.7 Å². The summed E-state index contributed by atoms with van der Waals surface area (Å²) in [6.45, 7) is 6.54. The third kappa shape index (κ3) is 7.19. The highest BCUT2D eigenvalue weighted by molar-refractivity contribution is 7.14. The van der Waals surface area contributed by atoms with Crippen LogP contribution in [0.15, 0.2) is 35.8 Å². The lowest BCUT2D eigenvalue weighted by molar-refractivity contribution is -0.139. The first kappa shape index (κ1) is 29.5. The van der Waals surface area contributed by atoms with E-state index < -0.39 is 35.2 Å². The van der Waals surface area contributed by atoms with E-state index in [0.717, 1.165) is 17.4 Å². The first-order chi connectivity index (χ1) is 18.7. The molecule has 1 saturated heterocycles.